The van der Waals surface area contributed by atoms with E-state index in [0.717, 1.165) is 46.8 Å². The predicted molar refractivity (Wildman–Crippen MR) is 148 cm³/mol. The number of carbonyl (C=O) groups is 1. The number of hydrogen-bond acceptors (Lipinski definition) is 9. The lowest BCUT2D eigenvalue weighted by atomic mass is 10.1. The van der Waals surface area contributed by atoms with Crippen molar-refractivity contribution in [3.63, 3.8) is 0 Å². The Morgan fingerprint density at radius 1 is 1.24 bits per heavy atom. The van der Waals surface area contributed by atoms with Crippen molar-refractivity contribution in [1.82, 2.24) is 30.6 Å². The molecule has 2 N–H and O–H groups in total. The lowest BCUT2D eigenvalue weighted by Gasteiger charge is -2.20. The van der Waals surface area contributed by atoms with Gasteiger partial charge in [0.25, 0.3) is 0 Å². The minimum absolute atomic E-state index is 0.345. The molecule has 3 heterocycles. The van der Waals surface area contributed by atoms with Crippen molar-refractivity contribution in [2.45, 2.75) is 77.8 Å². The molecule has 5 rings (SSSR count). The van der Waals surface area contributed by atoms with Crippen LogP contribution in [0.3, 0.4) is 0 Å². The highest BCUT2D eigenvalue weighted by Gasteiger charge is 2.30. The first-order valence-electron chi connectivity index (χ1n) is 13.0. The maximum atomic E-state index is 12.7. The summed E-state index contributed by atoms with van der Waals surface area (Å²) < 4.78 is 15.7. The van der Waals surface area contributed by atoms with Gasteiger partial charge in [-0.2, -0.15) is 19.4 Å². The maximum absolute atomic E-state index is 12.7. The van der Waals surface area contributed by atoms with Gasteiger partial charge in [0, 0.05) is 34.7 Å². The summed E-state index contributed by atoms with van der Waals surface area (Å²) in [6.07, 6.45) is 4.64. The number of pyridine rings is 1. The molecule has 38 heavy (non-hydrogen) atoms. The van der Waals surface area contributed by atoms with E-state index in [1.807, 2.05) is 34.6 Å². The van der Waals surface area contributed by atoms with Gasteiger partial charge in [0.1, 0.15) is 23.6 Å². The third-order valence-corrected chi connectivity index (χ3v) is 7.32. The lowest BCUT2D eigenvalue weighted by molar-refractivity contribution is 0.0563. The SMILES string of the molecule is COc1c(C)cnc(Cn2nc3cc(CCNC4CC4)c4c-3c(n2)C(NC(=O)OC(C)(C)C)=NSC4)c1C. The van der Waals surface area contributed by atoms with Crippen molar-refractivity contribution in [2.24, 2.45) is 4.40 Å². The molecule has 1 aromatic rings. The number of aromatic nitrogens is 4. The van der Waals surface area contributed by atoms with Crippen LogP contribution in [0.25, 0.3) is 11.3 Å². The van der Waals surface area contributed by atoms with Crippen molar-refractivity contribution in [1.29, 1.82) is 0 Å². The number of rotatable bonds is 7. The van der Waals surface area contributed by atoms with Crippen LogP contribution in [-0.2, 0) is 23.5 Å². The molecule has 0 bridgehead atoms. The quantitative estimate of drug-likeness (QED) is 0.432. The Morgan fingerprint density at radius 2 is 2.03 bits per heavy atom. The minimum Gasteiger partial charge on any atom is -0.496 e. The van der Waals surface area contributed by atoms with Crippen LogP contribution < -0.4 is 15.4 Å². The average molecular weight is 538 g/mol. The Morgan fingerprint density at radius 3 is 2.74 bits per heavy atom. The summed E-state index contributed by atoms with van der Waals surface area (Å²) in [5.74, 6) is 1.85. The largest absolute Gasteiger partial charge is 0.496 e. The Kier molecular flexibility index (Phi) is 7.32. The van der Waals surface area contributed by atoms with E-state index in [9.17, 15) is 4.79 Å². The van der Waals surface area contributed by atoms with Crippen LogP contribution in [0.2, 0.25) is 0 Å². The summed E-state index contributed by atoms with van der Waals surface area (Å²) in [5.41, 5.74) is 6.82. The molecule has 1 amide bonds. The van der Waals surface area contributed by atoms with E-state index in [1.165, 1.54) is 35.9 Å². The van der Waals surface area contributed by atoms with Crippen LogP contribution in [0.5, 0.6) is 5.75 Å². The number of nitrogens with zero attached hydrogens (tertiary/aromatic N) is 5. The van der Waals surface area contributed by atoms with Crippen molar-refractivity contribution >= 4 is 23.9 Å². The number of carbonyl (C=O) groups excluding carboxylic acids is 1. The Hall–Kier alpha value is -3.18. The fourth-order valence-corrected chi connectivity index (χ4v) is 5.45. The molecule has 0 radical (unpaired) electrons. The van der Waals surface area contributed by atoms with Crippen LogP contribution in [0.4, 0.5) is 4.79 Å². The van der Waals surface area contributed by atoms with Crippen LogP contribution in [0.1, 0.15) is 67.3 Å². The molecule has 1 fully saturated rings. The second-order valence-electron chi connectivity index (χ2n) is 10.9. The zero-order valence-corrected chi connectivity index (χ0v) is 23.7. The molecular weight excluding hydrogens is 502 g/mol. The number of methoxy groups -OCH3 is 1. The Labute approximate surface area is 227 Å². The monoisotopic (exact) mass is 537 g/mol. The van der Waals surface area contributed by atoms with E-state index in [-0.39, 0.29) is 0 Å². The molecule has 0 aromatic carbocycles. The molecule has 0 unspecified atom stereocenters. The van der Waals surface area contributed by atoms with Gasteiger partial charge in [0.05, 0.1) is 18.5 Å². The molecule has 0 atom stereocenters. The minimum atomic E-state index is -0.635. The van der Waals surface area contributed by atoms with Gasteiger partial charge in [-0.05, 0) is 89.6 Å². The highest BCUT2D eigenvalue weighted by Crippen LogP contribution is 2.38. The van der Waals surface area contributed by atoms with Crippen LogP contribution in [0, 0.1) is 13.8 Å². The second-order valence-corrected chi connectivity index (χ2v) is 11.6. The van der Waals surface area contributed by atoms with Crippen molar-refractivity contribution in [2.75, 3.05) is 13.7 Å². The Balaban J connectivity index is 1.54. The first-order chi connectivity index (χ1) is 18.1. The summed E-state index contributed by atoms with van der Waals surface area (Å²) in [4.78, 5) is 19.0. The molecule has 0 spiro atoms. The summed E-state index contributed by atoms with van der Waals surface area (Å²) in [7, 11) is 1.66. The molecule has 2 aliphatic carbocycles. The number of alkyl carbamates (subject to hydrolysis) is 1. The summed E-state index contributed by atoms with van der Waals surface area (Å²) >= 11 is 1.39. The summed E-state index contributed by atoms with van der Waals surface area (Å²) in [6.45, 7) is 10.7. The second kappa shape index (κ2) is 10.5. The topological polar surface area (TPSA) is 116 Å². The van der Waals surface area contributed by atoms with E-state index < -0.39 is 11.7 Å². The fraction of sp³-hybridized carbons (Fsp3) is 0.519. The predicted octanol–water partition coefficient (Wildman–Crippen LogP) is 4.18. The van der Waals surface area contributed by atoms with Crippen LogP contribution in [0.15, 0.2) is 16.7 Å². The number of nitrogens with one attached hydrogen (secondary N) is 2. The van der Waals surface area contributed by atoms with Crippen LogP contribution >= 0.6 is 11.9 Å². The van der Waals surface area contributed by atoms with E-state index in [1.54, 1.807) is 18.1 Å². The standard InChI is InChI=1S/C27H35N7O3S/c1-15-12-29-21(16(2)24(15)36-6)13-34-31-20-11-17(9-10-28-18-7-8-18)19-14-38-33-25(23(32-34)22(19)20)30-26(35)37-27(3,4)5/h11-12,18,28H,7-10,13-14H2,1-6H3,(H,30,33,35). The fourth-order valence-electron chi connectivity index (χ4n) is 4.67. The van der Waals surface area contributed by atoms with Gasteiger partial charge in [-0.3, -0.25) is 10.3 Å². The van der Waals surface area contributed by atoms with Crippen molar-refractivity contribution in [3.05, 3.63) is 45.9 Å². The maximum Gasteiger partial charge on any atom is 0.413 e. The van der Waals surface area contributed by atoms with Gasteiger partial charge in [-0.1, -0.05) is 0 Å². The van der Waals surface area contributed by atoms with E-state index in [0.29, 0.717) is 29.9 Å². The Bertz CT molecular complexity index is 1360. The number of ether oxygens (including phenoxy) is 2. The highest BCUT2D eigenvalue weighted by atomic mass is 32.2. The van der Waals surface area contributed by atoms with Crippen LogP contribution in [-0.4, -0.2) is 57.2 Å². The van der Waals surface area contributed by atoms with Gasteiger partial charge in [-0.25, -0.2) is 4.79 Å². The zero-order chi connectivity index (χ0) is 27.0. The normalized spacial score (nSPS) is 15.3. The molecule has 202 valence electrons. The van der Waals surface area contributed by atoms with Gasteiger partial charge in [0.2, 0.25) is 0 Å². The first-order valence-corrected chi connectivity index (χ1v) is 13.9. The highest BCUT2D eigenvalue weighted by molar-refractivity contribution is 7.97. The molecular formula is C27H35N7O3S. The molecule has 11 heteroatoms. The molecule has 10 nitrogen and oxygen atoms in total. The molecule has 1 aromatic heterocycles. The van der Waals surface area contributed by atoms with Gasteiger partial charge in [-0.15, -0.1) is 0 Å². The van der Waals surface area contributed by atoms with Crippen molar-refractivity contribution < 1.29 is 14.3 Å². The third kappa shape index (κ3) is 5.78. The number of amides is 1. The third-order valence-electron chi connectivity index (χ3n) is 6.59. The van der Waals surface area contributed by atoms with Gasteiger partial charge in [0.15, 0.2) is 5.84 Å². The molecule has 0 saturated heterocycles. The van der Waals surface area contributed by atoms with E-state index in [2.05, 4.69) is 26.1 Å². The summed E-state index contributed by atoms with van der Waals surface area (Å²) in [5, 5.41) is 16.2. The molecule has 4 aliphatic rings. The number of aryl methyl sites for hydroxylation is 1. The van der Waals surface area contributed by atoms with Gasteiger partial charge >= 0.3 is 6.09 Å². The van der Waals surface area contributed by atoms with E-state index in [4.69, 9.17) is 19.7 Å². The first kappa shape index (κ1) is 26.4. The van der Waals surface area contributed by atoms with E-state index >= 15 is 0 Å². The average Bonchev–Trinajstić information content (AvgIpc) is 3.62. The zero-order valence-electron chi connectivity index (χ0n) is 22.8. The number of amidine groups is 1. The van der Waals surface area contributed by atoms with Crippen molar-refractivity contribution in [3.8, 4) is 17.0 Å². The number of hydrogen-bond donors (Lipinski definition) is 2. The molecule has 2 aliphatic heterocycles. The van der Waals surface area contributed by atoms with Gasteiger partial charge < -0.3 is 14.8 Å². The lowest BCUT2D eigenvalue weighted by Crippen LogP contribution is -2.37. The smallest absolute Gasteiger partial charge is 0.413 e. The summed E-state index contributed by atoms with van der Waals surface area (Å²) in [6, 6.07) is 2.80. The molecule has 1 saturated carbocycles.